The molecule has 0 unspecified atom stereocenters. The fourth-order valence-electron chi connectivity index (χ4n) is 1.73. The molecular weight excluding hydrogens is 276 g/mol. The lowest BCUT2D eigenvalue weighted by atomic mass is 10.0. The fraction of sp³-hybridized carbons (Fsp3) is 0.0714. The molecule has 0 saturated carbocycles. The number of carbonyl (C=O) groups excluding carboxylic acids is 1. The number of ether oxygens (including phenoxy) is 1. The Balaban J connectivity index is 2.58. The van der Waals surface area contributed by atoms with E-state index in [1.165, 1.54) is 19.2 Å². The summed E-state index contributed by atoms with van der Waals surface area (Å²) >= 11 is 0. The van der Waals surface area contributed by atoms with E-state index in [-0.39, 0.29) is 5.75 Å². The minimum atomic E-state index is -1.69. The molecule has 20 heavy (non-hydrogen) atoms. The molecule has 0 saturated heterocycles. The standard InChI is InChI=1S/C14H8F4O2/c1-20-11-4-2-3-8(15)12(11)14(19)7-5-9(16)13(18)10(17)6-7/h2-6H,1H3. The second-order valence-electron chi connectivity index (χ2n) is 3.90. The van der Waals surface area contributed by atoms with E-state index < -0.39 is 40.2 Å². The summed E-state index contributed by atoms with van der Waals surface area (Å²) in [6.45, 7) is 0. The third kappa shape index (κ3) is 2.36. The molecule has 0 fully saturated rings. The van der Waals surface area contributed by atoms with Gasteiger partial charge in [-0.3, -0.25) is 4.79 Å². The van der Waals surface area contributed by atoms with Gasteiger partial charge in [0.25, 0.3) is 0 Å². The van der Waals surface area contributed by atoms with Gasteiger partial charge in [0, 0.05) is 5.56 Å². The number of hydrogen-bond donors (Lipinski definition) is 0. The highest BCUT2D eigenvalue weighted by Gasteiger charge is 2.22. The largest absolute Gasteiger partial charge is 0.496 e. The number of rotatable bonds is 3. The van der Waals surface area contributed by atoms with Crippen molar-refractivity contribution in [3.05, 3.63) is 64.7 Å². The summed E-state index contributed by atoms with van der Waals surface area (Å²) in [4.78, 5) is 12.1. The first-order valence-corrected chi connectivity index (χ1v) is 5.47. The second kappa shape index (κ2) is 5.32. The van der Waals surface area contributed by atoms with Crippen LogP contribution in [0.1, 0.15) is 15.9 Å². The zero-order valence-corrected chi connectivity index (χ0v) is 10.2. The number of methoxy groups -OCH3 is 1. The third-order valence-electron chi connectivity index (χ3n) is 2.67. The van der Waals surface area contributed by atoms with Gasteiger partial charge in [0.2, 0.25) is 0 Å². The zero-order chi connectivity index (χ0) is 14.9. The van der Waals surface area contributed by atoms with Crippen molar-refractivity contribution in [1.29, 1.82) is 0 Å². The van der Waals surface area contributed by atoms with Gasteiger partial charge in [0.1, 0.15) is 17.1 Å². The summed E-state index contributed by atoms with van der Waals surface area (Å²) < 4.78 is 57.6. The molecule has 2 rings (SSSR count). The van der Waals surface area contributed by atoms with Gasteiger partial charge >= 0.3 is 0 Å². The number of hydrogen-bond acceptors (Lipinski definition) is 2. The lowest BCUT2D eigenvalue weighted by Crippen LogP contribution is -2.08. The van der Waals surface area contributed by atoms with Crippen LogP contribution in [0.4, 0.5) is 17.6 Å². The van der Waals surface area contributed by atoms with Crippen LogP contribution in [0.25, 0.3) is 0 Å². The maximum atomic E-state index is 13.7. The second-order valence-corrected chi connectivity index (χ2v) is 3.90. The predicted octanol–water partition coefficient (Wildman–Crippen LogP) is 3.48. The quantitative estimate of drug-likeness (QED) is 0.490. The van der Waals surface area contributed by atoms with E-state index in [4.69, 9.17) is 4.74 Å². The highest BCUT2D eigenvalue weighted by atomic mass is 19.2. The first-order chi connectivity index (χ1) is 9.45. The topological polar surface area (TPSA) is 26.3 Å². The van der Waals surface area contributed by atoms with Crippen molar-refractivity contribution in [2.45, 2.75) is 0 Å². The van der Waals surface area contributed by atoms with Crippen molar-refractivity contribution in [1.82, 2.24) is 0 Å². The van der Waals surface area contributed by atoms with Crippen molar-refractivity contribution < 1.29 is 27.1 Å². The van der Waals surface area contributed by atoms with Crippen molar-refractivity contribution in [2.24, 2.45) is 0 Å². The molecule has 2 aromatic carbocycles. The Labute approximate surface area is 111 Å². The highest BCUT2D eigenvalue weighted by Crippen LogP contribution is 2.25. The molecule has 104 valence electrons. The molecule has 0 heterocycles. The molecular formula is C14H8F4O2. The van der Waals surface area contributed by atoms with Crippen LogP contribution >= 0.6 is 0 Å². The van der Waals surface area contributed by atoms with Crippen molar-refractivity contribution in [3.8, 4) is 5.75 Å². The van der Waals surface area contributed by atoms with Crippen LogP contribution in [-0.2, 0) is 0 Å². The summed E-state index contributed by atoms with van der Waals surface area (Å²) in [6.07, 6.45) is 0. The van der Waals surface area contributed by atoms with Gasteiger partial charge in [-0.2, -0.15) is 0 Å². The van der Waals surface area contributed by atoms with Crippen LogP contribution in [0.3, 0.4) is 0 Å². The van der Waals surface area contributed by atoms with E-state index in [0.717, 1.165) is 6.07 Å². The number of halogens is 4. The summed E-state index contributed by atoms with van der Waals surface area (Å²) in [6, 6.07) is 4.66. The average Bonchev–Trinajstić information content (AvgIpc) is 2.43. The van der Waals surface area contributed by atoms with Crippen molar-refractivity contribution >= 4 is 5.78 Å². The Morgan fingerprint density at radius 2 is 1.60 bits per heavy atom. The third-order valence-corrected chi connectivity index (χ3v) is 2.67. The van der Waals surface area contributed by atoms with E-state index in [1.54, 1.807) is 0 Å². The molecule has 0 N–H and O–H groups in total. The van der Waals surface area contributed by atoms with Crippen LogP contribution in [0.15, 0.2) is 30.3 Å². The molecule has 0 aliphatic heterocycles. The normalized spacial score (nSPS) is 10.4. The van der Waals surface area contributed by atoms with E-state index in [1.807, 2.05) is 0 Å². The summed E-state index contributed by atoms with van der Waals surface area (Å²) in [5, 5.41) is 0. The smallest absolute Gasteiger partial charge is 0.199 e. The van der Waals surface area contributed by atoms with Gasteiger partial charge in [-0.15, -0.1) is 0 Å². The summed E-state index contributed by atoms with van der Waals surface area (Å²) in [5.41, 5.74) is -0.981. The van der Waals surface area contributed by atoms with Gasteiger partial charge in [0.15, 0.2) is 23.2 Å². The van der Waals surface area contributed by atoms with E-state index in [2.05, 4.69) is 0 Å². The Bertz CT molecular complexity index is 660. The fourth-order valence-corrected chi connectivity index (χ4v) is 1.73. The molecule has 0 radical (unpaired) electrons. The Morgan fingerprint density at radius 3 is 2.15 bits per heavy atom. The van der Waals surface area contributed by atoms with E-state index in [9.17, 15) is 22.4 Å². The molecule has 0 amide bonds. The summed E-state index contributed by atoms with van der Waals surface area (Å²) in [5.74, 6) is -6.73. The Morgan fingerprint density at radius 1 is 1.00 bits per heavy atom. The Kier molecular flexibility index (Phi) is 3.74. The monoisotopic (exact) mass is 284 g/mol. The minimum Gasteiger partial charge on any atom is -0.496 e. The highest BCUT2D eigenvalue weighted by molar-refractivity contribution is 6.10. The van der Waals surface area contributed by atoms with Crippen LogP contribution in [0.2, 0.25) is 0 Å². The molecule has 6 heteroatoms. The first-order valence-electron chi connectivity index (χ1n) is 5.47. The number of carbonyl (C=O) groups is 1. The lowest BCUT2D eigenvalue weighted by Gasteiger charge is -2.09. The maximum absolute atomic E-state index is 13.7. The van der Waals surface area contributed by atoms with Gasteiger partial charge in [0.05, 0.1) is 7.11 Å². The van der Waals surface area contributed by atoms with Crippen molar-refractivity contribution in [2.75, 3.05) is 7.11 Å². The molecule has 0 aromatic heterocycles. The summed E-state index contributed by atoms with van der Waals surface area (Å²) in [7, 11) is 1.22. The SMILES string of the molecule is COc1cccc(F)c1C(=O)c1cc(F)c(F)c(F)c1. The molecule has 2 nitrogen and oxygen atoms in total. The van der Waals surface area contributed by atoms with Crippen molar-refractivity contribution in [3.63, 3.8) is 0 Å². The predicted molar refractivity (Wildman–Crippen MR) is 62.7 cm³/mol. The number of ketones is 1. The van der Waals surface area contributed by atoms with Gasteiger partial charge in [-0.05, 0) is 24.3 Å². The first kappa shape index (κ1) is 14.0. The van der Waals surface area contributed by atoms with Gasteiger partial charge < -0.3 is 4.74 Å². The van der Waals surface area contributed by atoms with Crippen LogP contribution < -0.4 is 4.74 Å². The average molecular weight is 284 g/mol. The van der Waals surface area contributed by atoms with E-state index >= 15 is 0 Å². The molecule has 2 aromatic rings. The number of benzene rings is 2. The molecule has 0 aliphatic rings. The Hall–Kier alpha value is -2.37. The van der Waals surface area contributed by atoms with Crippen LogP contribution in [0, 0.1) is 23.3 Å². The molecule has 0 atom stereocenters. The van der Waals surface area contributed by atoms with Crippen LogP contribution in [-0.4, -0.2) is 12.9 Å². The lowest BCUT2D eigenvalue weighted by molar-refractivity contribution is 0.103. The van der Waals surface area contributed by atoms with Gasteiger partial charge in [-0.25, -0.2) is 17.6 Å². The molecule has 0 bridgehead atoms. The molecule has 0 spiro atoms. The van der Waals surface area contributed by atoms with E-state index in [0.29, 0.717) is 12.1 Å². The zero-order valence-electron chi connectivity index (χ0n) is 10.2. The minimum absolute atomic E-state index is 0.0832. The maximum Gasteiger partial charge on any atom is 0.199 e. The molecule has 0 aliphatic carbocycles. The van der Waals surface area contributed by atoms with Crippen LogP contribution in [0.5, 0.6) is 5.75 Å². The van der Waals surface area contributed by atoms with Gasteiger partial charge in [-0.1, -0.05) is 6.07 Å².